The first-order valence-corrected chi connectivity index (χ1v) is 7.03. The van der Waals surface area contributed by atoms with Crippen LogP contribution in [0.2, 0.25) is 0 Å². The normalized spacial score (nSPS) is 20.5. The molecule has 1 saturated heterocycles. The van der Waals surface area contributed by atoms with Crippen LogP contribution >= 0.6 is 11.8 Å². The molecule has 6 nitrogen and oxygen atoms in total. The molecule has 0 radical (unpaired) electrons. The average Bonchev–Trinajstić information content (AvgIpc) is 2.79. The van der Waals surface area contributed by atoms with Gasteiger partial charge in [-0.2, -0.15) is 5.10 Å². The number of nitrogens with zero attached hydrogens (tertiary/aromatic N) is 2. The number of hydrogen-bond acceptors (Lipinski definition) is 6. The molecule has 1 fully saturated rings. The minimum Gasteiger partial charge on any atom is -0.550 e. The molecule has 0 aliphatic carbocycles. The number of nitrogens with one attached hydrogen (secondary N) is 1. The highest BCUT2D eigenvalue weighted by molar-refractivity contribution is 8.15. The number of allylic oxidation sites excluding steroid dienone is 1. The standard InChI is InChI=1S/C14H13N3O3S/c18-12(19)9-11-13(20)16-14(21-11)17-15-8-4-7-10-5-2-1-3-6-10/h1-8,11H,9H2,(H,18,19)(H,16,17,20)/p-1/b7-4+,15-8-/t11-/m1/s1. The van der Waals surface area contributed by atoms with Gasteiger partial charge in [0.05, 0.1) is 5.25 Å². The molecule has 1 atom stereocenters. The maximum Gasteiger partial charge on any atom is 0.239 e. The Hall–Kier alpha value is -2.41. The number of hydrogen-bond donors (Lipinski definition) is 1. The number of carbonyl (C=O) groups excluding carboxylic acids is 2. The van der Waals surface area contributed by atoms with Gasteiger partial charge in [-0.25, -0.2) is 0 Å². The Kier molecular flexibility index (Phi) is 5.28. The Bertz CT molecular complexity index is 611. The van der Waals surface area contributed by atoms with Gasteiger partial charge in [0.1, 0.15) is 0 Å². The van der Waals surface area contributed by atoms with Crippen molar-refractivity contribution in [1.82, 2.24) is 5.32 Å². The van der Waals surface area contributed by atoms with Crippen molar-refractivity contribution in [2.24, 2.45) is 10.2 Å². The van der Waals surface area contributed by atoms with Crippen LogP contribution in [0.25, 0.3) is 6.08 Å². The summed E-state index contributed by atoms with van der Waals surface area (Å²) < 4.78 is 0. The van der Waals surface area contributed by atoms with Gasteiger partial charge in [0.15, 0.2) is 5.17 Å². The number of amidine groups is 1. The third-order valence-corrected chi connectivity index (χ3v) is 3.59. The number of carboxylic acids is 1. The van der Waals surface area contributed by atoms with Gasteiger partial charge in [-0.15, -0.1) is 5.10 Å². The monoisotopic (exact) mass is 302 g/mol. The highest BCUT2D eigenvalue weighted by atomic mass is 32.2. The summed E-state index contributed by atoms with van der Waals surface area (Å²) in [7, 11) is 0. The summed E-state index contributed by atoms with van der Waals surface area (Å²) in [4.78, 5) is 21.9. The number of amides is 1. The Morgan fingerprint density at radius 2 is 2.14 bits per heavy atom. The molecule has 1 aliphatic rings. The van der Waals surface area contributed by atoms with Crippen LogP contribution in [-0.2, 0) is 9.59 Å². The van der Waals surface area contributed by atoms with E-state index in [0.717, 1.165) is 17.3 Å². The number of carbonyl (C=O) groups is 2. The summed E-state index contributed by atoms with van der Waals surface area (Å²) in [6, 6.07) is 9.69. The van der Waals surface area contributed by atoms with Gasteiger partial charge in [0.2, 0.25) is 5.91 Å². The third kappa shape index (κ3) is 4.88. The predicted octanol–water partition coefficient (Wildman–Crippen LogP) is 0.413. The smallest absolute Gasteiger partial charge is 0.239 e. The second kappa shape index (κ2) is 7.39. The van der Waals surface area contributed by atoms with Crippen LogP contribution in [0, 0.1) is 0 Å². The van der Waals surface area contributed by atoms with E-state index in [1.807, 2.05) is 36.4 Å². The molecule has 0 spiro atoms. The van der Waals surface area contributed by atoms with E-state index in [4.69, 9.17) is 0 Å². The van der Waals surface area contributed by atoms with Crippen molar-refractivity contribution >= 4 is 41.1 Å². The van der Waals surface area contributed by atoms with E-state index in [2.05, 4.69) is 15.5 Å². The first-order valence-electron chi connectivity index (χ1n) is 6.15. The first-order chi connectivity index (χ1) is 10.1. The molecule has 0 aromatic heterocycles. The van der Waals surface area contributed by atoms with Crippen LogP contribution in [-0.4, -0.2) is 28.5 Å². The molecule has 1 amide bonds. The van der Waals surface area contributed by atoms with E-state index in [1.165, 1.54) is 6.21 Å². The van der Waals surface area contributed by atoms with Crippen molar-refractivity contribution in [2.45, 2.75) is 11.7 Å². The number of thioether (sulfide) groups is 1. The fourth-order valence-corrected chi connectivity index (χ4v) is 2.49. The summed E-state index contributed by atoms with van der Waals surface area (Å²) in [5.74, 6) is -1.66. The highest BCUT2D eigenvalue weighted by Gasteiger charge is 2.30. The first kappa shape index (κ1) is 15.0. The van der Waals surface area contributed by atoms with E-state index < -0.39 is 17.1 Å². The van der Waals surface area contributed by atoms with Crippen LogP contribution in [0.5, 0.6) is 0 Å². The zero-order valence-corrected chi connectivity index (χ0v) is 11.7. The SMILES string of the molecule is O=C([O-])C[C@H]1S\C(=N/N=C\C=C\c2ccccc2)NC1=O. The van der Waals surface area contributed by atoms with Crippen LogP contribution < -0.4 is 10.4 Å². The minimum absolute atomic E-state index is 0.288. The van der Waals surface area contributed by atoms with E-state index in [1.54, 1.807) is 6.08 Å². The number of aliphatic carboxylic acids is 1. The summed E-state index contributed by atoms with van der Waals surface area (Å²) in [6.45, 7) is 0. The van der Waals surface area contributed by atoms with Crippen LogP contribution in [0.4, 0.5) is 0 Å². The van der Waals surface area contributed by atoms with Crippen molar-refractivity contribution in [3.8, 4) is 0 Å². The molecule has 1 heterocycles. The van der Waals surface area contributed by atoms with Gasteiger partial charge in [0, 0.05) is 18.6 Å². The van der Waals surface area contributed by atoms with Gasteiger partial charge in [-0.3, -0.25) is 4.79 Å². The second-order valence-electron chi connectivity index (χ2n) is 4.11. The molecule has 2 rings (SSSR count). The summed E-state index contributed by atoms with van der Waals surface area (Å²) in [6.07, 6.45) is 4.73. The molecule has 7 heteroatoms. The van der Waals surface area contributed by atoms with Crippen LogP contribution in [0.1, 0.15) is 12.0 Å². The second-order valence-corrected chi connectivity index (χ2v) is 5.30. The zero-order chi connectivity index (χ0) is 15.1. The molecular formula is C14H12N3O3S-. The van der Waals surface area contributed by atoms with Gasteiger partial charge in [0.25, 0.3) is 0 Å². The number of benzene rings is 1. The molecule has 0 saturated carbocycles. The third-order valence-electron chi connectivity index (χ3n) is 2.52. The van der Waals surface area contributed by atoms with E-state index in [0.29, 0.717) is 0 Å². The van der Waals surface area contributed by atoms with Gasteiger partial charge < -0.3 is 15.2 Å². The zero-order valence-electron chi connectivity index (χ0n) is 10.9. The lowest BCUT2D eigenvalue weighted by atomic mass is 10.2. The van der Waals surface area contributed by atoms with Gasteiger partial charge in [-0.1, -0.05) is 48.2 Å². The number of rotatable bonds is 5. The predicted molar refractivity (Wildman–Crippen MR) is 80.5 cm³/mol. The fourth-order valence-electron chi connectivity index (χ4n) is 1.58. The molecule has 0 bridgehead atoms. The Morgan fingerprint density at radius 3 is 2.86 bits per heavy atom. The van der Waals surface area contributed by atoms with E-state index in [9.17, 15) is 14.7 Å². The number of carboxylic acid groups (broad SMARTS) is 1. The molecule has 21 heavy (non-hydrogen) atoms. The minimum atomic E-state index is -1.27. The lowest BCUT2D eigenvalue weighted by Gasteiger charge is -2.04. The lowest BCUT2D eigenvalue weighted by Crippen LogP contribution is -2.31. The fraction of sp³-hybridized carbons (Fsp3) is 0.143. The largest absolute Gasteiger partial charge is 0.550 e. The summed E-state index contributed by atoms with van der Waals surface area (Å²) in [5, 5.41) is 20.1. The van der Waals surface area contributed by atoms with Crippen molar-refractivity contribution in [2.75, 3.05) is 0 Å². The molecular weight excluding hydrogens is 290 g/mol. The Morgan fingerprint density at radius 1 is 1.38 bits per heavy atom. The van der Waals surface area contributed by atoms with Crippen LogP contribution in [0.15, 0.2) is 46.6 Å². The van der Waals surface area contributed by atoms with E-state index in [-0.39, 0.29) is 11.6 Å². The Balaban J connectivity index is 1.87. The lowest BCUT2D eigenvalue weighted by molar-refractivity contribution is -0.305. The maximum absolute atomic E-state index is 11.4. The highest BCUT2D eigenvalue weighted by Crippen LogP contribution is 2.21. The van der Waals surface area contributed by atoms with Gasteiger partial charge in [-0.05, 0) is 11.6 Å². The topological polar surface area (TPSA) is 93.9 Å². The van der Waals surface area contributed by atoms with Crippen molar-refractivity contribution in [3.05, 3.63) is 42.0 Å². The Labute approximate surface area is 125 Å². The van der Waals surface area contributed by atoms with Crippen molar-refractivity contribution in [3.63, 3.8) is 0 Å². The van der Waals surface area contributed by atoms with E-state index >= 15 is 0 Å². The summed E-state index contributed by atoms with van der Waals surface area (Å²) in [5.41, 5.74) is 1.04. The molecule has 1 aromatic carbocycles. The average molecular weight is 302 g/mol. The summed E-state index contributed by atoms with van der Waals surface area (Å²) >= 11 is 1.03. The molecule has 1 aromatic rings. The maximum atomic E-state index is 11.4. The molecule has 1 N–H and O–H groups in total. The molecule has 1 aliphatic heterocycles. The quantitative estimate of drug-likeness (QED) is 0.630. The molecule has 0 unspecified atom stereocenters. The van der Waals surface area contributed by atoms with Crippen molar-refractivity contribution in [1.29, 1.82) is 0 Å². The van der Waals surface area contributed by atoms with Gasteiger partial charge >= 0.3 is 0 Å². The molecule has 108 valence electrons. The van der Waals surface area contributed by atoms with Crippen LogP contribution in [0.3, 0.4) is 0 Å². The van der Waals surface area contributed by atoms with Crippen molar-refractivity contribution < 1.29 is 14.7 Å².